The van der Waals surface area contributed by atoms with Crippen LogP contribution in [0.5, 0.6) is 0 Å². The third kappa shape index (κ3) is 4.68. The molecule has 0 aromatic carbocycles. The van der Waals surface area contributed by atoms with E-state index in [2.05, 4.69) is 16.6 Å². The van der Waals surface area contributed by atoms with Crippen molar-refractivity contribution in [3.8, 4) is 0 Å². The Labute approximate surface area is 73.1 Å². The van der Waals surface area contributed by atoms with Gasteiger partial charge < -0.3 is 10.1 Å². The van der Waals surface area contributed by atoms with Crippen LogP contribution in [0.3, 0.4) is 0 Å². The van der Waals surface area contributed by atoms with E-state index in [0.29, 0.717) is 12.1 Å². The van der Waals surface area contributed by atoms with E-state index in [0.717, 1.165) is 6.54 Å². The summed E-state index contributed by atoms with van der Waals surface area (Å²) in [6, 6.07) is 0. The number of carbonyl (C=O) groups is 1. The molecule has 0 aromatic heterocycles. The Hall–Kier alpha value is -1.09. The Morgan fingerprint density at radius 2 is 2.25 bits per heavy atom. The third-order valence-electron chi connectivity index (χ3n) is 1.35. The number of esters is 1. The minimum Gasteiger partial charge on any atom is -0.466 e. The number of hydrogen-bond donors (Lipinski definition) is 1. The molecular formula is C9H15NO2. The molecule has 68 valence electrons. The molecule has 0 fully saturated rings. The zero-order valence-electron chi connectivity index (χ0n) is 7.59. The first kappa shape index (κ1) is 10.9. The van der Waals surface area contributed by atoms with Crippen LogP contribution in [0.4, 0.5) is 0 Å². The van der Waals surface area contributed by atoms with Crippen LogP contribution in [0.2, 0.25) is 0 Å². The number of ether oxygens (including phenoxy) is 1. The summed E-state index contributed by atoms with van der Waals surface area (Å²) in [6.07, 6.45) is 3.55. The molecule has 3 nitrogen and oxygen atoms in total. The first-order valence-electron chi connectivity index (χ1n) is 3.79. The van der Waals surface area contributed by atoms with Crippen molar-refractivity contribution in [3.63, 3.8) is 0 Å². The maximum absolute atomic E-state index is 10.8. The van der Waals surface area contributed by atoms with Gasteiger partial charge in [-0.3, -0.25) is 0 Å². The van der Waals surface area contributed by atoms with Crippen LogP contribution in [0.1, 0.15) is 6.92 Å². The molecule has 0 unspecified atom stereocenters. The summed E-state index contributed by atoms with van der Waals surface area (Å²) in [5.74, 6) is -0.282. The van der Waals surface area contributed by atoms with E-state index in [1.54, 1.807) is 19.1 Å². The molecule has 1 N–H and O–H groups in total. The number of hydrogen-bond acceptors (Lipinski definition) is 3. The monoisotopic (exact) mass is 169 g/mol. The van der Waals surface area contributed by atoms with Crippen molar-refractivity contribution < 1.29 is 9.53 Å². The van der Waals surface area contributed by atoms with Gasteiger partial charge in [0.1, 0.15) is 0 Å². The second-order valence-electron chi connectivity index (χ2n) is 2.33. The van der Waals surface area contributed by atoms with Crippen LogP contribution >= 0.6 is 0 Å². The fourth-order valence-corrected chi connectivity index (χ4v) is 0.655. The molecule has 0 rings (SSSR count). The van der Waals surface area contributed by atoms with Crippen LogP contribution < -0.4 is 5.32 Å². The van der Waals surface area contributed by atoms with Gasteiger partial charge in [0, 0.05) is 18.7 Å². The van der Waals surface area contributed by atoms with Gasteiger partial charge in [-0.25, -0.2) is 4.79 Å². The van der Waals surface area contributed by atoms with E-state index in [4.69, 9.17) is 0 Å². The number of methoxy groups -OCH3 is 1. The van der Waals surface area contributed by atoms with Gasteiger partial charge >= 0.3 is 5.97 Å². The summed E-state index contributed by atoms with van der Waals surface area (Å²) in [6.45, 7) is 6.68. The predicted octanol–water partition coefficient (Wildman–Crippen LogP) is 0.881. The third-order valence-corrected chi connectivity index (χ3v) is 1.35. The minimum atomic E-state index is -0.282. The number of nitrogens with one attached hydrogen (secondary N) is 1. The second-order valence-corrected chi connectivity index (χ2v) is 2.33. The van der Waals surface area contributed by atoms with Gasteiger partial charge in [-0.05, 0) is 6.92 Å². The smallest absolute Gasteiger partial charge is 0.333 e. The maximum atomic E-state index is 10.8. The molecule has 0 saturated heterocycles. The Kier molecular flexibility index (Phi) is 6.01. The number of rotatable bonds is 5. The lowest BCUT2D eigenvalue weighted by Gasteiger charge is -1.99. The van der Waals surface area contributed by atoms with Crippen LogP contribution in [0.15, 0.2) is 24.3 Å². The topological polar surface area (TPSA) is 38.3 Å². The van der Waals surface area contributed by atoms with E-state index in [-0.39, 0.29) is 5.97 Å². The Morgan fingerprint density at radius 1 is 1.58 bits per heavy atom. The van der Waals surface area contributed by atoms with Crippen LogP contribution in [-0.2, 0) is 9.53 Å². The molecular weight excluding hydrogens is 154 g/mol. The predicted molar refractivity (Wildman–Crippen MR) is 48.8 cm³/mol. The minimum absolute atomic E-state index is 0.282. The molecule has 3 heteroatoms. The molecule has 12 heavy (non-hydrogen) atoms. The summed E-state index contributed by atoms with van der Waals surface area (Å²) < 4.78 is 4.51. The van der Waals surface area contributed by atoms with Gasteiger partial charge in [-0.15, -0.1) is 6.58 Å². The first-order valence-corrected chi connectivity index (χ1v) is 3.79. The lowest BCUT2D eigenvalue weighted by molar-refractivity contribution is -0.136. The molecule has 0 aliphatic carbocycles. The molecule has 0 spiro atoms. The average molecular weight is 169 g/mol. The van der Waals surface area contributed by atoms with Crippen LogP contribution in [-0.4, -0.2) is 26.2 Å². The van der Waals surface area contributed by atoms with E-state index in [1.165, 1.54) is 7.11 Å². The summed E-state index contributed by atoms with van der Waals surface area (Å²) in [4.78, 5) is 10.8. The standard InChI is InChI=1S/C9H15NO2/c1-4-6-10-7-5-8(2)9(11)12-3/h4-5,10H,1,6-7H2,2-3H3/b8-5+. The van der Waals surface area contributed by atoms with Crippen molar-refractivity contribution in [2.45, 2.75) is 6.92 Å². The highest BCUT2D eigenvalue weighted by Gasteiger charge is 2.00. The Balaban J connectivity index is 3.68. The van der Waals surface area contributed by atoms with Crippen LogP contribution in [0, 0.1) is 0 Å². The summed E-state index contributed by atoms with van der Waals surface area (Å²) in [5, 5.41) is 3.04. The lowest BCUT2D eigenvalue weighted by Crippen LogP contribution is -2.14. The van der Waals surface area contributed by atoms with E-state index >= 15 is 0 Å². The molecule has 0 aromatic rings. The van der Waals surface area contributed by atoms with E-state index < -0.39 is 0 Å². The van der Waals surface area contributed by atoms with E-state index in [9.17, 15) is 4.79 Å². The zero-order chi connectivity index (χ0) is 9.40. The summed E-state index contributed by atoms with van der Waals surface area (Å²) in [5.41, 5.74) is 0.620. The fraction of sp³-hybridized carbons (Fsp3) is 0.444. The normalized spacial score (nSPS) is 11.0. The first-order chi connectivity index (χ1) is 5.72. The van der Waals surface area contributed by atoms with Gasteiger partial charge in [0.2, 0.25) is 0 Å². The molecule has 0 aliphatic rings. The Bertz CT molecular complexity index is 185. The van der Waals surface area contributed by atoms with Gasteiger partial charge in [0.25, 0.3) is 0 Å². The molecule has 0 bridgehead atoms. The van der Waals surface area contributed by atoms with Crippen molar-refractivity contribution in [2.24, 2.45) is 0 Å². The quantitative estimate of drug-likeness (QED) is 0.287. The van der Waals surface area contributed by atoms with Crippen molar-refractivity contribution >= 4 is 5.97 Å². The van der Waals surface area contributed by atoms with Crippen molar-refractivity contribution in [3.05, 3.63) is 24.3 Å². The summed E-state index contributed by atoms with van der Waals surface area (Å²) >= 11 is 0. The highest BCUT2D eigenvalue weighted by Crippen LogP contribution is 1.93. The van der Waals surface area contributed by atoms with Crippen molar-refractivity contribution in [2.75, 3.05) is 20.2 Å². The molecule has 0 saturated carbocycles. The lowest BCUT2D eigenvalue weighted by atomic mass is 10.3. The highest BCUT2D eigenvalue weighted by atomic mass is 16.5. The van der Waals surface area contributed by atoms with Gasteiger partial charge in [0.05, 0.1) is 7.11 Å². The SMILES string of the molecule is C=CCNC/C=C(\C)C(=O)OC. The largest absolute Gasteiger partial charge is 0.466 e. The zero-order valence-corrected chi connectivity index (χ0v) is 7.59. The van der Waals surface area contributed by atoms with Gasteiger partial charge in [0.15, 0.2) is 0 Å². The molecule has 0 amide bonds. The Morgan fingerprint density at radius 3 is 2.75 bits per heavy atom. The van der Waals surface area contributed by atoms with Crippen LogP contribution in [0.25, 0.3) is 0 Å². The van der Waals surface area contributed by atoms with Gasteiger partial charge in [-0.2, -0.15) is 0 Å². The fourth-order valence-electron chi connectivity index (χ4n) is 0.655. The molecule has 0 atom stereocenters. The average Bonchev–Trinajstić information content (AvgIpc) is 2.10. The van der Waals surface area contributed by atoms with Gasteiger partial charge in [-0.1, -0.05) is 12.2 Å². The van der Waals surface area contributed by atoms with Crippen molar-refractivity contribution in [1.29, 1.82) is 0 Å². The molecule has 0 aliphatic heterocycles. The number of carbonyl (C=O) groups excluding carboxylic acids is 1. The second kappa shape index (κ2) is 6.61. The molecule has 0 heterocycles. The highest BCUT2D eigenvalue weighted by molar-refractivity contribution is 5.87. The van der Waals surface area contributed by atoms with Crippen molar-refractivity contribution in [1.82, 2.24) is 5.32 Å². The maximum Gasteiger partial charge on any atom is 0.333 e. The summed E-state index contributed by atoms with van der Waals surface area (Å²) in [7, 11) is 1.37. The molecule has 0 radical (unpaired) electrons. The van der Waals surface area contributed by atoms with E-state index in [1.807, 2.05) is 0 Å².